The predicted octanol–water partition coefficient (Wildman–Crippen LogP) is 5.21. The van der Waals surface area contributed by atoms with Crippen LogP contribution in [0, 0.1) is 5.92 Å². The van der Waals surface area contributed by atoms with E-state index in [0.29, 0.717) is 17.9 Å². The molecule has 138 valence electrons. The summed E-state index contributed by atoms with van der Waals surface area (Å²) in [4.78, 5) is 9.83. The summed E-state index contributed by atoms with van der Waals surface area (Å²) < 4.78 is 5.90. The molecule has 0 spiro atoms. The van der Waals surface area contributed by atoms with E-state index in [2.05, 4.69) is 70.0 Å². The highest BCUT2D eigenvalue weighted by Crippen LogP contribution is 2.42. The van der Waals surface area contributed by atoms with Crippen molar-refractivity contribution in [3.63, 3.8) is 0 Å². The van der Waals surface area contributed by atoms with Crippen molar-refractivity contribution >= 4 is 16.7 Å². The fourth-order valence-electron chi connectivity index (χ4n) is 4.83. The number of nitrogens with zero attached hydrogens (tertiary/aromatic N) is 2. The standard InChI is InChI=1S/C23H25N3O/c1-16-26(20-11-12-21-22(13-20)25-15-24-21)23(14-27-16)19-9-7-18(8-10-19)17-5-3-2-4-6-17/h2-6,11-13,15,18-19,23H,1,7-10,14H2,(H,24,25)/t18?,19?,23-/m1/s1. The van der Waals surface area contributed by atoms with Crippen molar-refractivity contribution in [1.82, 2.24) is 9.97 Å². The molecular weight excluding hydrogens is 334 g/mol. The number of anilines is 1. The summed E-state index contributed by atoms with van der Waals surface area (Å²) >= 11 is 0. The van der Waals surface area contributed by atoms with Crippen LogP contribution in [0.4, 0.5) is 5.69 Å². The van der Waals surface area contributed by atoms with Gasteiger partial charge in [-0.15, -0.1) is 0 Å². The van der Waals surface area contributed by atoms with Crippen LogP contribution in [0.1, 0.15) is 37.2 Å². The van der Waals surface area contributed by atoms with Crippen molar-refractivity contribution in [2.75, 3.05) is 11.5 Å². The Kier molecular flexibility index (Phi) is 4.12. The third-order valence-electron chi connectivity index (χ3n) is 6.29. The Bertz CT molecular complexity index is 940. The molecule has 1 atom stereocenters. The third kappa shape index (κ3) is 2.99. The van der Waals surface area contributed by atoms with Gasteiger partial charge in [-0.25, -0.2) is 4.98 Å². The molecular formula is C23H25N3O. The summed E-state index contributed by atoms with van der Waals surface area (Å²) in [6.07, 6.45) is 6.73. The van der Waals surface area contributed by atoms with Gasteiger partial charge in [-0.2, -0.15) is 0 Å². The zero-order valence-electron chi connectivity index (χ0n) is 15.5. The van der Waals surface area contributed by atoms with E-state index in [9.17, 15) is 0 Å². The Balaban J connectivity index is 1.34. The van der Waals surface area contributed by atoms with Crippen LogP contribution in [0.25, 0.3) is 11.0 Å². The fraction of sp³-hybridized carbons (Fsp3) is 0.348. The maximum absolute atomic E-state index is 5.90. The summed E-state index contributed by atoms with van der Waals surface area (Å²) in [5.74, 6) is 2.11. The topological polar surface area (TPSA) is 41.1 Å². The molecule has 3 aromatic rings. The summed E-state index contributed by atoms with van der Waals surface area (Å²) in [6, 6.07) is 17.7. The van der Waals surface area contributed by atoms with Crippen LogP contribution in [0.15, 0.2) is 67.3 Å². The van der Waals surface area contributed by atoms with Gasteiger partial charge in [-0.1, -0.05) is 30.3 Å². The number of aromatic amines is 1. The van der Waals surface area contributed by atoms with Crippen molar-refractivity contribution in [2.45, 2.75) is 37.6 Å². The lowest BCUT2D eigenvalue weighted by Crippen LogP contribution is -2.38. The van der Waals surface area contributed by atoms with Crippen LogP contribution in [-0.4, -0.2) is 22.6 Å². The van der Waals surface area contributed by atoms with Gasteiger partial charge in [0, 0.05) is 5.69 Å². The summed E-state index contributed by atoms with van der Waals surface area (Å²) in [7, 11) is 0. The van der Waals surface area contributed by atoms with Gasteiger partial charge >= 0.3 is 0 Å². The van der Waals surface area contributed by atoms with Crippen molar-refractivity contribution < 1.29 is 4.74 Å². The van der Waals surface area contributed by atoms with Gasteiger partial charge in [0.15, 0.2) is 5.88 Å². The number of H-pyrrole nitrogens is 1. The Hall–Kier alpha value is -2.75. The lowest BCUT2D eigenvalue weighted by Gasteiger charge is -2.35. The maximum Gasteiger partial charge on any atom is 0.186 e. The number of nitrogens with one attached hydrogen (secondary N) is 1. The van der Waals surface area contributed by atoms with Gasteiger partial charge in [0.2, 0.25) is 0 Å². The summed E-state index contributed by atoms with van der Waals surface area (Å²) in [5.41, 5.74) is 4.68. The van der Waals surface area contributed by atoms with E-state index in [1.54, 1.807) is 6.33 Å². The highest BCUT2D eigenvalue weighted by Gasteiger charge is 2.38. The van der Waals surface area contributed by atoms with Crippen LogP contribution < -0.4 is 4.90 Å². The minimum atomic E-state index is 0.370. The quantitative estimate of drug-likeness (QED) is 0.697. The van der Waals surface area contributed by atoms with Crippen LogP contribution in [-0.2, 0) is 4.74 Å². The van der Waals surface area contributed by atoms with E-state index in [-0.39, 0.29) is 0 Å². The first-order valence-corrected chi connectivity index (χ1v) is 9.88. The van der Waals surface area contributed by atoms with E-state index in [1.165, 1.54) is 31.2 Å². The molecule has 1 saturated carbocycles. The average Bonchev–Trinajstić information content (AvgIpc) is 3.34. The van der Waals surface area contributed by atoms with Gasteiger partial charge < -0.3 is 14.6 Å². The molecule has 4 nitrogen and oxygen atoms in total. The SMILES string of the molecule is C=C1OC[C@H](C2CCC(c3ccccc3)CC2)N1c1ccc2nc[nH]c2c1. The van der Waals surface area contributed by atoms with E-state index in [0.717, 1.165) is 29.2 Å². The summed E-state index contributed by atoms with van der Waals surface area (Å²) in [6.45, 7) is 4.90. The number of benzene rings is 2. The summed E-state index contributed by atoms with van der Waals surface area (Å²) in [5, 5.41) is 0. The zero-order chi connectivity index (χ0) is 18.2. The van der Waals surface area contributed by atoms with Crippen molar-refractivity contribution in [2.24, 2.45) is 5.92 Å². The molecule has 1 aliphatic heterocycles. The molecule has 2 heterocycles. The molecule has 0 amide bonds. The van der Waals surface area contributed by atoms with Gasteiger partial charge in [-0.3, -0.25) is 0 Å². The molecule has 1 aliphatic carbocycles. The first-order chi connectivity index (χ1) is 13.3. The van der Waals surface area contributed by atoms with Crippen LogP contribution in [0.5, 0.6) is 0 Å². The van der Waals surface area contributed by atoms with Crippen molar-refractivity contribution in [3.05, 3.63) is 72.9 Å². The number of ether oxygens (including phenoxy) is 1. The smallest absolute Gasteiger partial charge is 0.186 e. The Morgan fingerprint density at radius 2 is 1.85 bits per heavy atom. The Labute approximate surface area is 159 Å². The van der Waals surface area contributed by atoms with Crippen LogP contribution in [0.2, 0.25) is 0 Å². The molecule has 0 unspecified atom stereocenters. The molecule has 1 N–H and O–H groups in total. The minimum absolute atomic E-state index is 0.370. The van der Waals surface area contributed by atoms with E-state index >= 15 is 0 Å². The number of aromatic nitrogens is 2. The lowest BCUT2D eigenvalue weighted by atomic mass is 9.76. The largest absolute Gasteiger partial charge is 0.477 e. The molecule has 0 radical (unpaired) electrons. The first-order valence-electron chi connectivity index (χ1n) is 9.88. The number of imidazole rings is 1. The monoisotopic (exact) mass is 359 g/mol. The zero-order valence-corrected chi connectivity index (χ0v) is 15.5. The molecule has 4 heteroatoms. The number of fused-ring (bicyclic) bond motifs is 1. The highest BCUT2D eigenvalue weighted by molar-refractivity contribution is 5.79. The molecule has 1 saturated heterocycles. The second-order valence-corrected chi connectivity index (χ2v) is 7.77. The molecule has 2 aromatic carbocycles. The average molecular weight is 359 g/mol. The number of rotatable bonds is 3. The normalized spacial score (nSPS) is 25.7. The Morgan fingerprint density at radius 3 is 2.67 bits per heavy atom. The predicted molar refractivity (Wildman–Crippen MR) is 109 cm³/mol. The number of hydrogen-bond acceptors (Lipinski definition) is 3. The molecule has 0 bridgehead atoms. The van der Waals surface area contributed by atoms with Gasteiger partial charge in [0.05, 0.1) is 23.4 Å². The maximum atomic E-state index is 5.90. The van der Waals surface area contributed by atoms with Crippen LogP contribution >= 0.6 is 0 Å². The van der Waals surface area contributed by atoms with Gasteiger partial charge in [-0.05, 0) is 67.9 Å². The molecule has 2 aliphatic rings. The van der Waals surface area contributed by atoms with Crippen LogP contribution in [0.3, 0.4) is 0 Å². The highest BCUT2D eigenvalue weighted by atomic mass is 16.5. The first kappa shape index (κ1) is 16.4. The van der Waals surface area contributed by atoms with E-state index < -0.39 is 0 Å². The Morgan fingerprint density at radius 1 is 1.04 bits per heavy atom. The van der Waals surface area contributed by atoms with Crippen molar-refractivity contribution in [3.8, 4) is 0 Å². The molecule has 27 heavy (non-hydrogen) atoms. The second-order valence-electron chi connectivity index (χ2n) is 7.77. The molecule has 5 rings (SSSR count). The number of hydrogen-bond donors (Lipinski definition) is 1. The molecule has 2 fully saturated rings. The van der Waals surface area contributed by atoms with E-state index in [1.807, 2.05) is 0 Å². The van der Waals surface area contributed by atoms with Gasteiger partial charge in [0.25, 0.3) is 0 Å². The lowest BCUT2D eigenvalue weighted by molar-refractivity contribution is 0.215. The molecule has 1 aromatic heterocycles. The van der Waals surface area contributed by atoms with E-state index in [4.69, 9.17) is 4.74 Å². The fourth-order valence-corrected chi connectivity index (χ4v) is 4.83. The third-order valence-corrected chi connectivity index (χ3v) is 6.29. The minimum Gasteiger partial charge on any atom is -0.477 e. The van der Waals surface area contributed by atoms with Gasteiger partial charge in [0.1, 0.15) is 6.61 Å². The van der Waals surface area contributed by atoms with Crippen molar-refractivity contribution in [1.29, 1.82) is 0 Å². The second kappa shape index (κ2) is 6.76.